The predicted molar refractivity (Wildman–Crippen MR) is 131 cm³/mol. The van der Waals surface area contributed by atoms with Crippen LogP contribution in [0, 0.1) is 17.8 Å². The lowest BCUT2D eigenvalue weighted by molar-refractivity contribution is -0.145. The summed E-state index contributed by atoms with van der Waals surface area (Å²) in [5.74, 6) is -2.06. The summed E-state index contributed by atoms with van der Waals surface area (Å²) in [7, 11) is 1.55. The molecule has 2 amide bonds. The maximum Gasteiger partial charge on any atom is 0.331 e. The third kappa shape index (κ3) is 9.18. The van der Waals surface area contributed by atoms with Crippen LogP contribution in [0.2, 0.25) is 0 Å². The van der Waals surface area contributed by atoms with E-state index in [4.69, 9.17) is 9.47 Å². The summed E-state index contributed by atoms with van der Waals surface area (Å²) < 4.78 is 11.1. The Bertz CT molecular complexity index is 844. The van der Waals surface area contributed by atoms with Gasteiger partial charge in [0.1, 0.15) is 18.0 Å². The number of carbonyl (C=O) groups is 4. The first-order chi connectivity index (χ1) is 16.6. The molecule has 2 aliphatic rings. The highest BCUT2D eigenvalue weighted by Gasteiger charge is 2.31. The molecule has 2 N–H and O–H groups in total. The molecular weight excluding hydrogens is 450 g/mol. The molecule has 0 unspecified atom stereocenters. The van der Waals surface area contributed by atoms with Gasteiger partial charge in [-0.2, -0.15) is 0 Å². The Morgan fingerprint density at radius 3 is 2.51 bits per heavy atom. The van der Waals surface area contributed by atoms with E-state index in [0.29, 0.717) is 44.1 Å². The molecule has 0 bridgehead atoms. The number of hydrogen-bond acceptors (Lipinski definition) is 7. The van der Waals surface area contributed by atoms with Crippen LogP contribution in [0.25, 0.3) is 0 Å². The number of Topliss-reactive ketones (excluding diaryl/α,β-unsaturated/α-hetero) is 1. The second kappa shape index (κ2) is 14.1. The van der Waals surface area contributed by atoms with Crippen molar-refractivity contribution in [1.82, 2.24) is 5.32 Å². The van der Waals surface area contributed by atoms with E-state index in [9.17, 15) is 24.3 Å². The number of methoxy groups -OCH3 is 1. The summed E-state index contributed by atoms with van der Waals surface area (Å²) in [5.41, 5.74) is 0.685. The van der Waals surface area contributed by atoms with Crippen molar-refractivity contribution in [3.05, 3.63) is 36.0 Å². The number of hydrogen-bond donors (Lipinski definition) is 2. The SMILES string of the molecule is CO[C@H]1/C=C\CC/C=C/C(=O)O[C@@H]([C@@H](C)C(=O)CCCC2CC(=O)NC(=O)C2)/C(C)=C\[C@@H](C)[C@H]1O. The van der Waals surface area contributed by atoms with Crippen molar-refractivity contribution < 1.29 is 33.8 Å². The molecule has 0 aromatic carbocycles. The van der Waals surface area contributed by atoms with E-state index >= 15 is 0 Å². The maximum atomic E-state index is 13.0. The first-order valence-corrected chi connectivity index (χ1v) is 12.4. The fraction of sp³-hybridized carbons (Fsp3) is 0.630. The molecule has 2 rings (SSSR count). The zero-order valence-electron chi connectivity index (χ0n) is 21.2. The molecule has 35 heavy (non-hydrogen) atoms. The van der Waals surface area contributed by atoms with Gasteiger partial charge in [-0.05, 0) is 44.1 Å². The van der Waals surface area contributed by atoms with Crippen LogP contribution in [0.3, 0.4) is 0 Å². The lowest BCUT2D eigenvalue weighted by Gasteiger charge is -2.27. The van der Waals surface area contributed by atoms with Gasteiger partial charge < -0.3 is 14.6 Å². The fourth-order valence-electron chi connectivity index (χ4n) is 4.61. The second-order valence-electron chi connectivity index (χ2n) is 9.62. The number of rotatable bonds is 7. The number of imide groups is 1. The molecule has 0 aliphatic carbocycles. The molecule has 2 heterocycles. The molecule has 0 radical (unpaired) electrons. The zero-order valence-corrected chi connectivity index (χ0v) is 21.2. The highest BCUT2D eigenvalue weighted by Crippen LogP contribution is 2.25. The number of ether oxygens (including phenoxy) is 2. The number of carbonyl (C=O) groups excluding carboxylic acids is 4. The smallest absolute Gasteiger partial charge is 0.331 e. The Kier molecular flexibility index (Phi) is 11.5. The zero-order chi connectivity index (χ0) is 26.0. The molecule has 0 aromatic rings. The highest BCUT2D eigenvalue weighted by molar-refractivity contribution is 5.97. The van der Waals surface area contributed by atoms with Gasteiger partial charge in [-0.25, -0.2) is 4.79 Å². The standard InChI is InChI=1S/C27H39NO7/c1-17-14-18(2)27(35-25(32)13-8-6-5-7-12-22(34-4)26(17)33)19(3)21(29)11-9-10-20-15-23(30)28-24(31)16-20/h7-8,12-14,17,19-20,22,26-27,33H,5-6,9-11,15-16H2,1-4H3,(H,28,30,31)/b12-7-,13-8+,18-14-/t17-,19+,22+,26-,27-/m1/s1. The van der Waals surface area contributed by atoms with E-state index in [2.05, 4.69) is 5.32 Å². The number of amides is 2. The van der Waals surface area contributed by atoms with Crippen LogP contribution in [-0.2, 0) is 28.7 Å². The van der Waals surface area contributed by atoms with Crippen LogP contribution < -0.4 is 5.32 Å². The molecule has 194 valence electrons. The summed E-state index contributed by atoms with van der Waals surface area (Å²) in [6, 6.07) is 0. The van der Waals surface area contributed by atoms with E-state index in [-0.39, 0.29) is 35.9 Å². The Morgan fingerprint density at radius 2 is 1.86 bits per heavy atom. The Balaban J connectivity index is 2.11. The van der Waals surface area contributed by atoms with Crippen molar-refractivity contribution in [2.75, 3.05) is 7.11 Å². The van der Waals surface area contributed by atoms with Crippen LogP contribution in [0.4, 0.5) is 0 Å². The summed E-state index contributed by atoms with van der Waals surface area (Å²) in [6.07, 6.45) is 9.96. The molecule has 8 heteroatoms. The monoisotopic (exact) mass is 489 g/mol. The molecule has 5 atom stereocenters. The molecule has 1 saturated heterocycles. The second-order valence-corrected chi connectivity index (χ2v) is 9.62. The number of aliphatic hydroxyl groups is 1. The molecule has 1 fully saturated rings. The average molecular weight is 490 g/mol. The quantitative estimate of drug-likeness (QED) is 0.320. The van der Waals surface area contributed by atoms with E-state index in [1.165, 1.54) is 6.08 Å². The normalized spacial score (nSPS) is 31.3. The molecule has 2 aliphatic heterocycles. The Hall–Kier alpha value is -2.58. The van der Waals surface area contributed by atoms with E-state index in [1.807, 2.05) is 25.2 Å². The number of allylic oxidation sites excluding steroid dienone is 2. The minimum atomic E-state index is -0.803. The van der Waals surface area contributed by atoms with Crippen molar-refractivity contribution in [2.24, 2.45) is 17.8 Å². The molecule has 0 spiro atoms. The summed E-state index contributed by atoms with van der Waals surface area (Å²) in [6.45, 7) is 5.39. The predicted octanol–water partition coefficient (Wildman–Crippen LogP) is 3.19. The number of aliphatic hydroxyl groups excluding tert-OH is 1. The van der Waals surface area contributed by atoms with Crippen LogP contribution in [-0.4, -0.2) is 54.1 Å². The Morgan fingerprint density at radius 1 is 1.20 bits per heavy atom. The molecular formula is C27H39NO7. The van der Waals surface area contributed by atoms with Crippen LogP contribution >= 0.6 is 0 Å². The molecule has 0 aromatic heterocycles. The van der Waals surface area contributed by atoms with Gasteiger partial charge in [-0.15, -0.1) is 0 Å². The van der Waals surface area contributed by atoms with Crippen LogP contribution in [0.5, 0.6) is 0 Å². The van der Waals surface area contributed by atoms with Crippen molar-refractivity contribution in [1.29, 1.82) is 0 Å². The highest BCUT2D eigenvalue weighted by atomic mass is 16.5. The van der Waals surface area contributed by atoms with Crippen molar-refractivity contribution in [3.8, 4) is 0 Å². The first kappa shape index (κ1) is 28.7. The van der Waals surface area contributed by atoms with Gasteiger partial charge in [0.15, 0.2) is 0 Å². The third-order valence-corrected chi connectivity index (χ3v) is 6.67. The summed E-state index contributed by atoms with van der Waals surface area (Å²) in [5, 5.41) is 13.1. The van der Waals surface area contributed by atoms with Crippen molar-refractivity contribution >= 4 is 23.6 Å². The van der Waals surface area contributed by atoms with Crippen LogP contribution in [0.15, 0.2) is 36.0 Å². The van der Waals surface area contributed by atoms with Gasteiger partial charge >= 0.3 is 5.97 Å². The van der Waals surface area contributed by atoms with Gasteiger partial charge in [-0.3, -0.25) is 19.7 Å². The molecule has 8 nitrogen and oxygen atoms in total. The number of ketones is 1. The van der Waals surface area contributed by atoms with Crippen LogP contribution in [0.1, 0.15) is 65.7 Å². The van der Waals surface area contributed by atoms with E-state index in [0.717, 1.165) is 0 Å². The Labute approximate surface area is 207 Å². The minimum absolute atomic E-state index is 0.0524. The fourth-order valence-corrected chi connectivity index (χ4v) is 4.61. The number of esters is 1. The third-order valence-electron chi connectivity index (χ3n) is 6.67. The van der Waals surface area contributed by atoms with Gasteiger partial charge in [0.2, 0.25) is 11.8 Å². The van der Waals surface area contributed by atoms with E-state index < -0.39 is 30.2 Å². The summed E-state index contributed by atoms with van der Waals surface area (Å²) in [4.78, 5) is 48.6. The summed E-state index contributed by atoms with van der Waals surface area (Å²) >= 11 is 0. The lowest BCUT2D eigenvalue weighted by atomic mass is 9.86. The van der Waals surface area contributed by atoms with Gasteiger partial charge in [-0.1, -0.05) is 38.2 Å². The maximum absolute atomic E-state index is 13.0. The topological polar surface area (TPSA) is 119 Å². The number of cyclic esters (lactones) is 1. The largest absolute Gasteiger partial charge is 0.454 e. The minimum Gasteiger partial charge on any atom is -0.454 e. The average Bonchev–Trinajstić information content (AvgIpc) is 2.79. The number of piperidine rings is 1. The first-order valence-electron chi connectivity index (χ1n) is 12.4. The van der Waals surface area contributed by atoms with Crippen molar-refractivity contribution in [2.45, 2.75) is 84.0 Å². The molecule has 0 saturated carbocycles. The number of nitrogens with one attached hydrogen (secondary N) is 1. The van der Waals surface area contributed by atoms with Gasteiger partial charge in [0.05, 0.1) is 12.0 Å². The van der Waals surface area contributed by atoms with Gasteiger partial charge in [0, 0.05) is 38.4 Å². The van der Waals surface area contributed by atoms with Crippen molar-refractivity contribution in [3.63, 3.8) is 0 Å². The van der Waals surface area contributed by atoms with E-state index in [1.54, 1.807) is 27.0 Å². The van der Waals surface area contributed by atoms with Gasteiger partial charge in [0.25, 0.3) is 0 Å². The lowest BCUT2D eigenvalue weighted by Crippen LogP contribution is -2.38.